The van der Waals surface area contributed by atoms with Crippen LogP contribution in [0.25, 0.3) is 0 Å². The van der Waals surface area contributed by atoms with Crippen LogP contribution in [0.4, 0.5) is 5.69 Å². The van der Waals surface area contributed by atoms with Crippen LogP contribution >= 0.6 is 0 Å². The van der Waals surface area contributed by atoms with Gasteiger partial charge in [0.1, 0.15) is 0 Å². The van der Waals surface area contributed by atoms with Crippen LogP contribution in [0, 0.1) is 0 Å². The Morgan fingerprint density at radius 2 is 2.16 bits per heavy atom. The van der Waals surface area contributed by atoms with Crippen molar-refractivity contribution >= 4 is 11.7 Å². The van der Waals surface area contributed by atoms with Crippen molar-refractivity contribution in [1.29, 1.82) is 0 Å². The van der Waals surface area contributed by atoms with Gasteiger partial charge in [0.25, 0.3) is 0 Å². The summed E-state index contributed by atoms with van der Waals surface area (Å²) in [5, 5.41) is 9.06. The van der Waals surface area contributed by atoms with Gasteiger partial charge < -0.3 is 15.6 Å². The maximum atomic E-state index is 11.8. The maximum absolute atomic E-state index is 11.8. The van der Waals surface area contributed by atoms with Gasteiger partial charge in [0.15, 0.2) is 0 Å². The molecule has 0 heterocycles. The standard InChI is InChI=1S/C14H22N2O3/c1-3-7-16(8-9-17)10-11-5-4-6-12(15)13(11)14(18)19-2/h4-6,17H,3,7-10,15H2,1-2H3. The number of methoxy groups -OCH3 is 1. The number of nitrogen functional groups attached to an aromatic ring is 1. The van der Waals surface area contributed by atoms with E-state index in [-0.39, 0.29) is 6.61 Å². The zero-order valence-corrected chi connectivity index (χ0v) is 11.6. The van der Waals surface area contributed by atoms with Crippen molar-refractivity contribution < 1.29 is 14.6 Å². The highest BCUT2D eigenvalue weighted by Crippen LogP contribution is 2.20. The van der Waals surface area contributed by atoms with Crippen LogP contribution in [-0.4, -0.2) is 42.8 Å². The lowest BCUT2D eigenvalue weighted by Gasteiger charge is -2.22. The largest absolute Gasteiger partial charge is 0.465 e. The number of anilines is 1. The van der Waals surface area contributed by atoms with Crippen LogP contribution in [0.5, 0.6) is 0 Å². The Bertz CT molecular complexity index is 415. The maximum Gasteiger partial charge on any atom is 0.340 e. The van der Waals surface area contributed by atoms with Crippen LogP contribution in [0.3, 0.4) is 0 Å². The number of carbonyl (C=O) groups is 1. The highest BCUT2D eigenvalue weighted by molar-refractivity contribution is 5.96. The fourth-order valence-corrected chi connectivity index (χ4v) is 2.07. The van der Waals surface area contributed by atoms with Crippen molar-refractivity contribution in [2.45, 2.75) is 19.9 Å². The monoisotopic (exact) mass is 266 g/mol. The lowest BCUT2D eigenvalue weighted by atomic mass is 10.0. The Hall–Kier alpha value is -1.59. The lowest BCUT2D eigenvalue weighted by molar-refractivity contribution is 0.0599. The number of rotatable bonds is 7. The molecule has 0 amide bonds. The number of nitrogens with two attached hydrogens (primary N) is 1. The summed E-state index contributed by atoms with van der Waals surface area (Å²) < 4.78 is 4.77. The van der Waals surface area contributed by atoms with Gasteiger partial charge in [-0.15, -0.1) is 0 Å². The normalized spacial score (nSPS) is 10.7. The number of hydrogen-bond acceptors (Lipinski definition) is 5. The Morgan fingerprint density at radius 3 is 2.74 bits per heavy atom. The van der Waals surface area contributed by atoms with Gasteiger partial charge in [-0.2, -0.15) is 0 Å². The molecule has 1 aromatic carbocycles. The molecular weight excluding hydrogens is 244 g/mol. The molecule has 1 aromatic rings. The Balaban J connectivity index is 2.98. The summed E-state index contributed by atoms with van der Waals surface area (Å²) in [6.07, 6.45) is 0.982. The molecule has 19 heavy (non-hydrogen) atoms. The topological polar surface area (TPSA) is 75.8 Å². The van der Waals surface area contributed by atoms with Gasteiger partial charge in [-0.05, 0) is 24.6 Å². The second-order valence-corrected chi connectivity index (χ2v) is 4.37. The first-order chi connectivity index (χ1) is 9.13. The first-order valence-corrected chi connectivity index (χ1v) is 6.42. The molecule has 0 radical (unpaired) electrons. The third kappa shape index (κ3) is 4.22. The van der Waals surface area contributed by atoms with E-state index in [0.717, 1.165) is 18.5 Å². The zero-order valence-electron chi connectivity index (χ0n) is 11.6. The molecule has 0 bridgehead atoms. The van der Waals surface area contributed by atoms with Crippen molar-refractivity contribution in [3.8, 4) is 0 Å². The van der Waals surface area contributed by atoms with Gasteiger partial charge in [-0.1, -0.05) is 19.1 Å². The molecule has 0 fully saturated rings. The van der Waals surface area contributed by atoms with Gasteiger partial charge in [-0.3, -0.25) is 4.90 Å². The van der Waals surface area contributed by atoms with Crippen LogP contribution in [-0.2, 0) is 11.3 Å². The summed E-state index contributed by atoms with van der Waals surface area (Å²) >= 11 is 0. The molecule has 5 heteroatoms. The van der Waals surface area contributed by atoms with E-state index in [4.69, 9.17) is 15.6 Å². The Kier molecular flexibility index (Phi) is 6.32. The van der Waals surface area contributed by atoms with Crippen LogP contribution in [0.2, 0.25) is 0 Å². The van der Waals surface area contributed by atoms with Gasteiger partial charge in [0.2, 0.25) is 0 Å². The van der Waals surface area contributed by atoms with Crippen molar-refractivity contribution in [2.24, 2.45) is 0 Å². The summed E-state index contributed by atoms with van der Waals surface area (Å²) in [5.74, 6) is -0.423. The predicted molar refractivity (Wildman–Crippen MR) is 74.8 cm³/mol. The summed E-state index contributed by atoms with van der Waals surface area (Å²) in [6.45, 7) is 4.17. The minimum atomic E-state index is -0.423. The van der Waals surface area contributed by atoms with Gasteiger partial charge >= 0.3 is 5.97 Å². The molecule has 0 saturated carbocycles. The molecule has 0 spiro atoms. The molecule has 0 unspecified atom stereocenters. The average Bonchev–Trinajstić information content (AvgIpc) is 2.39. The fraction of sp³-hybridized carbons (Fsp3) is 0.500. The molecule has 1 rings (SSSR count). The minimum Gasteiger partial charge on any atom is -0.465 e. The molecule has 5 nitrogen and oxygen atoms in total. The average molecular weight is 266 g/mol. The third-order valence-electron chi connectivity index (χ3n) is 2.92. The second-order valence-electron chi connectivity index (χ2n) is 4.37. The third-order valence-corrected chi connectivity index (χ3v) is 2.92. The number of aliphatic hydroxyl groups excluding tert-OH is 1. The van der Waals surface area contributed by atoms with E-state index in [2.05, 4.69) is 11.8 Å². The Morgan fingerprint density at radius 1 is 1.42 bits per heavy atom. The summed E-state index contributed by atoms with van der Waals surface area (Å²) in [7, 11) is 1.34. The van der Waals surface area contributed by atoms with E-state index in [1.54, 1.807) is 6.07 Å². The summed E-state index contributed by atoms with van der Waals surface area (Å²) in [5.41, 5.74) is 7.52. The van der Waals surface area contributed by atoms with E-state index < -0.39 is 5.97 Å². The van der Waals surface area contributed by atoms with Crippen molar-refractivity contribution in [2.75, 3.05) is 32.5 Å². The molecular formula is C14H22N2O3. The number of hydrogen-bond donors (Lipinski definition) is 2. The molecule has 0 aliphatic rings. The first-order valence-electron chi connectivity index (χ1n) is 6.42. The summed E-state index contributed by atoms with van der Waals surface area (Å²) in [4.78, 5) is 13.9. The van der Waals surface area contributed by atoms with E-state index in [1.807, 2.05) is 12.1 Å². The van der Waals surface area contributed by atoms with Crippen LogP contribution < -0.4 is 5.73 Å². The molecule has 0 aliphatic carbocycles. The quantitative estimate of drug-likeness (QED) is 0.574. The molecule has 0 atom stereocenters. The van der Waals surface area contributed by atoms with Crippen LogP contribution in [0.1, 0.15) is 29.3 Å². The van der Waals surface area contributed by atoms with Crippen molar-refractivity contribution in [3.63, 3.8) is 0 Å². The number of esters is 1. The van der Waals surface area contributed by atoms with E-state index >= 15 is 0 Å². The SMILES string of the molecule is CCCN(CCO)Cc1cccc(N)c1C(=O)OC. The number of carbonyl (C=O) groups excluding carboxylic acids is 1. The molecule has 0 aromatic heterocycles. The summed E-state index contributed by atoms with van der Waals surface area (Å²) in [6, 6.07) is 5.37. The van der Waals surface area contributed by atoms with Gasteiger partial charge in [0.05, 0.1) is 19.3 Å². The van der Waals surface area contributed by atoms with Gasteiger partial charge in [-0.25, -0.2) is 4.79 Å². The number of ether oxygens (including phenoxy) is 1. The number of nitrogens with zero attached hydrogens (tertiary/aromatic N) is 1. The number of aliphatic hydroxyl groups is 1. The second kappa shape index (κ2) is 7.76. The van der Waals surface area contributed by atoms with Crippen molar-refractivity contribution in [1.82, 2.24) is 4.90 Å². The van der Waals surface area contributed by atoms with Crippen LogP contribution in [0.15, 0.2) is 18.2 Å². The zero-order chi connectivity index (χ0) is 14.3. The smallest absolute Gasteiger partial charge is 0.340 e. The Labute approximate surface area is 114 Å². The van der Waals surface area contributed by atoms with Gasteiger partial charge in [0, 0.05) is 18.8 Å². The molecule has 0 aliphatic heterocycles. The van der Waals surface area contributed by atoms with Crippen molar-refractivity contribution in [3.05, 3.63) is 29.3 Å². The van der Waals surface area contributed by atoms with E-state index in [0.29, 0.717) is 24.3 Å². The molecule has 106 valence electrons. The minimum absolute atomic E-state index is 0.0931. The van der Waals surface area contributed by atoms with E-state index in [9.17, 15) is 4.79 Å². The number of benzene rings is 1. The lowest BCUT2D eigenvalue weighted by Crippen LogP contribution is -2.28. The fourth-order valence-electron chi connectivity index (χ4n) is 2.07. The predicted octanol–water partition coefficient (Wildman–Crippen LogP) is 1.26. The van der Waals surface area contributed by atoms with E-state index in [1.165, 1.54) is 7.11 Å². The molecule has 0 saturated heterocycles. The molecule has 3 N–H and O–H groups in total. The first kappa shape index (κ1) is 15.5. The highest BCUT2D eigenvalue weighted by Gasteiger charge is 2.17. The highest BCUT2D eigenvalue weighted by atomic mass is 16.5.